The van der Waals surface area contributed by atoms with E-state index < -0.39 is 0 Å². The SMILES string of the molecule is COCCNCc1ccc(N2CCC(C)C(O)C2)c(Br)c1. The summed E-state index contributed by atoms with van der Waals surface area (Å²) in [5, 5.41) is 13.4. The van der Waals surface area contributed by atoms with Gasteiger partial charge in [0.2, 0.25) is 0 Å². The summed E-state index contributed by atoms with van der Waals surface area (Å²) in [5.74, 6) is 0.393. The number of anilines is 1. The zero-order chi connectivity index (χ0) is 15.2. The van der Waals surface area contributed by atoms with Crippen LogP contribution in [-0.4, -0.2) is 44.6 Å². The molecular formula is C16H25BrN2O2. The third-order valence-electron chi connectivity index (χ3n) is 4.08. The summed E-state index contributed by atoms with van der Waals surface area (Å²) in [5.41, 5.74) is 2.41. The molecule has 1 aromatic rings. The third-order valence-corrected chi connectivity index (χ3v) is 4.72. The molecule has 0 aliphatic carbocycles. The van der Waals surface area contributed by atoms with Gasteiger partial charge < -0.3 is 20.1 Å². The predicted octanol–water partition coefficient (Wildman–Crippen LogP) is 2.39. The van der Waals surface area contributed by atoms with E-state index in [2.05, 4.69) is 51.3 Å². The van der Waals surface area contributed by atoms with Crippen molar-refractivity contribution in [3.63, 3.8) is 0 Å². The summed E-state index contributed by atoms with van der Waals surface area (Å²) >= 11 is 3.66. The maximum atomic E-state index is 10.0. The molecule has 2 unspecified atom stereocenters. The van der Waals surface area contributed by atoms with Crippen molar-refractivity contribution in [2.24, 2.45) is 5.92 Å². The summed E-state index contributed by atoms with van der Waals surface area (Å²) in [4.78, 5) is 2.26. The lowest BCUT2D eigenvalue weighted by molar-refractivity contribution is 0.103. The molecule has 5 heteroatoms. The Morgan fingerprint density at radius 3 is 2.95 bits per heavy atom. The van der Waals surface area contributed by atoms with Crippen molar-refractivity contribution in [3.8, 4) is 0 Å². The number of piperidine rings is 1. The van der Waals surface area contributed by atoms with E-state index in [9.17, 15) is 5.11 Å². The van der Waals surface area contributed by atoms with Gasteiger partial charge in [0.05, 0.1) is 18.4 Å². The van der Waals surface area contributed by atoms with Gasteiger partial charge in [0, 0.05) is 37.8 Å². The minimum Gasteiger partial charge on any atom is -0.391 e. The van der Waals surface area contributed by atoms with Crippen LogP contribution < -0.4 is 10.2 Å². The number of β-amino-alcohol motifs (C(OH)–C–C–N with tert-alkyl or cyclic N) is 1. The number of ether oxygens (including phenoxy) is 1. The summed E-state index contributed by atoms with van der Waals surface area (Å²) in [6.45, 7) is 6.25. The van der Waals surface area contributed by atoms with Crippen LogP contribution in [0.4, 0.5) is 5.69 Å². The summed E-state index contributed by atoms with van der Waals surface area (Å²) in [6, 6.07) is 6.43. The second-order valence-electron chi connectivity index (χ2n) is 5.73. The Kier molecular flexibility index (Phi) is 6.48. The zero-order valence-corrected chi connectivity index (χ0v) is 14.4. The highest BCUT2D eigenvalue weighted by Gasteiger charge is 2.25. The van der Waals surface area contributed by atoms with Crippen molar-refractivity contribution in [3.05, 3.63) is 28.2 Å². The minimum atomic E-state index is -0.235. The van der Waals surface area contributed by atoms with Gasteiger partial charge in [-0.05, 0) is 46.0 Å². The summed E-state index contributed by atoms with van der Waals surface area (Å²) in [7, 11) is 1.71. The highest BCUT2D eigenvalue weighted by Crippen LogP contribution is 2.30. The molecule has 0 bridgehead atoms. The van der Waals surface area contributed by atoms with Gasteiger partial charge in [-0.15, -0.1) is 0 Å². The van der Waals surface area contributed by atoms with Gasteiger partial charge in [0.25, 0.3) is 0 Å². The largest absolute Gasteiger partial charge is 0.391 e. The van der Waals surface area contributed by atoms with E-state index in [-0.39, 0.29) is 6.10 Å². The second kappa shape index (κ2) is 8.13. The monoisotopic (exact) mass is 356 g/mol. The molecule has 2 atom stereocenters. The Bertz CT molecular complexity index is 456. The predicted molar refractivity (Wildman–Crippen MR) is 89.7 cm³/mol. The minimum absolute atomic E-state index is 0.235. The molecule has 118 valence electrons. The average Bonchev–Trinajstić information content (AvgIpc) is 2.47. The summed E-state index contributed by atoms with van der Waals surface area (Å²) < 4.78 is 6.11. The standard InChI is InChI=1S/C16H25BrN2O2/c1-12-5-7-19(11-16(12)20)15-4-3-13(9-14(15)17)10-18-6-8-21-2/h3-4,9,12,16,18,20H,5-8,10-11H2,1-2H3. The molecule has 0 saturated carbocycles. The molecule has 1 heterocycles. The highest BCUT2D eigenvalue weighted by molar-refractivity contribution is 9.10. The number of rotatable bonds is 6. The van der Waals surface area contributed by atoms with Gasteiger partial charge in [0.15, 0.2) is 0 Å². The fraction of sp³-hybridized carbons (Fsp3) is 0.625. The normalized spacial score (nSPS) is 22.6. The van der Waals surface area contributed by atoms with E-state index in [1.807, 2.05) is 0 Å². The molecule has 21 heavy (non-hydrogen) atoms. The molecule has 4 nitrogen and oxygen atoms in total. The lowest BCUT2D eigenvalue weighted by Crippen LogP contribution is -2.43. The maximum absolute atomic E-state index is 10.0. The molecule has 0 radical (unpaired) electrons. The first-order chi connectivity index (χ1) is 10.1. The molecule has 1 aliphatic rings. The van der Waals surface area contributed by atoms with Crippen LogP contribution >= 0.6 is 15.9 Å². The molecule has 1 fully saturated rings. The first-order valence-corrected chi connectivity index (χ1v) is 8.32. The van der Waals surface area contributed by atoms with Crippen LogP contribution in [0.25, 0.3) is 0 Å². The number of nitrogens with zero attached hydrogens (tertiary/aromatic N) is 1. The number of halogens is 1. The van der Waals surface area contributed by atoms with Crippen molar-refractivity contribution in [2.75, 3.05) is 38.3 Å². The van der Waals surface area contributed by atoms with Crippen molar-refractivity contribution in [1.29, 1.82) is 0 Å². The Hall–Kier alpha value is -0.620. The lowest BCUT2D eigenvalue weighted by atomic mass is 9.95. The Morgan fingerprint density at radius 2 is 2.29 bits per heavy atom. The number of methoxy groups -OCH3 is 1. The molecule has 2 rings (SSSR count). The number of benzene rings is 1. The van der Waals surface area contributed by atoms with Crippen LogP contribution in [0.15, 0.2) is 22.7 Å². The molecule has 0 spiro atoms. The van der Waals surface area contributed by atoms with E-state index in [4.69, 9.17) is 4.74 Å². The Morgan fingerprint density at radius 1 is 1.48 bits per heavy atom. The third kappa shape index (κ3) is 4.68. The quantitative estimate of drug-likeness (QED) is 0.768. The number of hydrogen-bond donors (Lipinski definition) is 2. The van der Waals surface area contributed by atoms with Crippen LogP contribution in [0.1, 0.15) is 18.9 Å². The van der Waals surface area contributed by atoms with E-state index in [1.165, 1.54) is 11.3 Å². The second-order valence-corrected chi connectivity index (χ2v) is 6.59. The molecule has 1 aliphatic heterocycles. The number of aliphatic hydroxyl groups is 1. The van der Waals surface area contributed by atoms with Crippen molar-refractivity contribution < 1.29 is 9.84 Å². The fourth-order valence-electron chi connectivity index (χ4n) is 2.59. The first kappa shape index (κ1) is 16.7. The lowest BCUT2D eigenvalue weighted by Gasteiger charge is -2.36. The van der Waals surface area contributed by atoms with Crippen LogP contribution in [0.2, 0.25) is 0 Å². The first-order valence-electron chi connectivity index (χ1n) is 7.53. The van der Waals surface area contributed by atoms with Gasteiger partial charge in [-0.2, -0.15) is 0 Å². The van der Waals surface area contributed by atoms with Gasteiger partial charge in [-0.1, -0.05) is 13.0 Å². The van der Waals surface area contributed by atoms with E-state index in [0.717, 1.165) is 37.1 Å². The topological polar surface area (TPSA) is 44.7 Å². The maximum Gasteiger partial charge on any atom is 0.0741 e. The number of hydrogen-bond acceptors (Lipinski definition) is 4. The van der Waals surface area contributed by atoms with Gasteiger partial charge in [-0.25, -0.2) is 0 Å². The highest BCUT2D eigenvalue weighted by atomic mass is 79.9. The average molecular weight is 357 g/mol. The van der Waals surface area contributed by atoms with Crippen molar-refractivity contribution in [2.45, 2.75) is 26.0 Å². The fourth-order valence-corrected chi connectivity index (χ4v) is 3.27. The van der Waals surface area contributed by atoms with Crippen LogP contribution in [-0.2, 0) is 11.3 Å². The van der Waals surface area contributed by atoms with E-state index in [0.29, 0.717) is 12.5 Å². The smallest absolute Gasteiger partial charge is 0.0741 e. The molecular weight excluding hydrogens is 332 g/mol. The van der Waals surface area contributed by atoms with Crippen molar-refractivity contribution in [1.82, 2.24) is 5.32 Å². The molecule has 1 aromatic carbocycles. The molecule has 1 saturated heterocycles. The molecule has 0 amide bonds. The van der Waals surface area contributed by atoms with Gasteiger partial charge in [0.1, 0.15) is 0 Å². The van der Waals surface area contributed by atoms with Gasteiger partial charge in [-0.3, -0.25) is 0 Å². The number of aliphatic hydroxyl groups excluding tert-OH is 1. The van der Waals surface area contributed by atoms with Crippen molar-refractivity contribution >= 4 is 21.6 Å². The van der Waals surface area contributed by atoms with Crippen LogP contribution in [0.5, 0.6) is 0 Å². The summed E-state index contributed by atoms with van der Waals surface area (Å²) in [6.07, 6.45) is 0.800. The number of nitrogens with one attached hydrogen (secondary N) is 1. The molecule has 0 aromatic heterocycles. The Labute approximate surface area is 135 Å². The zero-order valence-electron chi connectivity index (χ0n) is 12.8. The van der Waals surface area contributed by atoms with Crippen LogP contribution in [0.3, 0.4) is 0 Å². The molecule has 2 N–H and O–H groups in total. The Balaban J connectivity index is 1.95. The van der Waals surface area contributed by atoms with Gasteiger partial charge >= 0.3 is 0 Å². The van der Waals surface area contributed by atoms with Crippen LogP contribution in [0, 0.1) is 5.92 Å². The van der Waals surface area contributed by atoms with E-state index in [1.54, 1.807) is 7.11 Å². The van der Waals surface area contributed by atoms with E-state index >= 15 is 0 Å².